The molecule has 0 radical (unpaired) electrons. The van der Waals surface area contributed by atoms with Crippen molar-refractivity contribution in [3.05, 3.63) is 40.6 Å². The van der Waals surface area contributed by atoms with Crippen molar-refractivity contribution in [3.63, 3.8) is 0 Å². The zero-order chi connectivity index (χ0) is 13.3. The summed E-state index contributed by atoms with van der Waals surface area (Å²) >= 11 is 5.58. The summed E-state index contributed by atoms with van der Waals surface area (Å²) in [5, 5.41) is -0.00485. The highest BCUT2D eigenvalue weighted by molar-refractivity contribution is 6.30. The highest BCUT2D eigenvalue weighted by Crippen LogP contribution is 2.24. The highest BCUT2D eigenvalue weighted by atomic mass is 35.5. The van der Waals surface area contributed by atoms with Crippen LogP contribution in [0.4, 0.5) is 14.6 Å². The number of anilines is 1. The summed E-state index contributed by atoms with van der Waals surface area (Å²) in [4.78, 5) is 7.79. The lowest BCUT2D eigenvalue weighted by molar-refractivity contribution is 0.606. The smallest absolute Gasteiger partial charge is 0.187 e. The van der Waals surface area contributed by atoms with Gasteiger partial charge in [-0.15, -0.1) is 0 Å². The van der Waals surface area contributed by atoms with Gasteiger partial charge in [0, 0.05) is 5.56 Å². The summed E-state index contributed by atoms with van der Waals surface area (Å²) in [6.45, 7) is 1.47. The van der Waals surface area contributed by atoms with Gasteiger partial charge in [0.1, 0.15) is 5.82 Å². The molecule has 0 fully saturated rings. The molecule has 3 N–H and O–H groups in total. The molecule has 94 valence electrons. The number of benzene rings is 1. The predicted octanol–water partition coefficient (Wildman–Crippen LogP) is 2.67. The molecule has 0 atom stereocenters. The molecule has 4 nitrogen and oxygen atoms in total. The SMILES string of the molecule is Cc1nc(-c2ccc(Cl)c(F)c2)nc(NN)c1F. The first kappa shape index (κ1) is 12.7. The molecular weight excluding hydrogens is 262 g/mol. The van der Waals surface area contributed by atoms with Gasteiger partial charge in [-0.25, -0.2) is 24.6 Å². The number of aromatic nitrogens is 2. The molecule has 2 rings (SSSR count). The average molecular weight is 271 g/mol. The van der Waals surface area contributed by atoms with Gasteiger partial charge >= 0.3 is 0 Å². The summed E-state index contributed by atoms with van der Waals surface area (Å²) in [6, 6.07) is 4.09. The van der Waals surface area contributed by atoms with Gasteiger partial charge in [-0.1, -0.05) is 11.6 Å². The number of halogens is 3. The molecule has 18 heavy (non-hydrogen) atoms. The molecule has 7 heteroatoms. The molecule has 0 saturated heterocycles. The van der Waals surface area contributed by atoms with E-state index in [0.29, 0.717) is 5.56 Å². The van der Waals surface area contributed by atoms with E-state index >= 15 is 0 Å². The number of rotatable bonds is 2. The van der Waals surface area contributed by atoms with E-state index in [1.54, 1.807) is 6.07 Å². The molecule has 0 saturated carbocycles. The van der Waals surface area contributed by atoms with Crippen molar-refractivity contribution in [1.82, 2.24) is 9.97 Å². The van der Waals surface area contributed by atoms with Gasteiger partial charge in [-0.2, -0.15) is 0 Å². The van der Waals surface area contributed by atoms with Crippen LogP contribution in [0.5, 0.6) is 0 Å². The molecule has 1 aromatic heterocycles. The van der Waals surface area contributed by atoms with Crippen LogP contribution in [0.1, 0.15) is 5.69 Å². The van der Waals surface area contributed by atoms with Crippen LogP contribution in [-0.4, -0.2) is 9.97 Å². The van der Waals surface area contributed by atoms with Crippen molar-refractivity contribution in [1.29, 1.82) is 0 Å². The van der Waals surface area contributed by atoms with Crippen molar-refractivity contribution in [2.45, 2.75) is 6.92 Å². The van der Waals surface area contributed by atoms with Crippen molar-refractivity contribution in [2.24, 2.45) is 5.84 Å². The van der Waals surface area contributed by atoms with Crippen LogP contribution in [0.3, 0.4) is 0 Å². The largest absolute Gasteiger partial charge is 0.306 e. The average Bonchev–Trinajstić information content (AvgIpc) is 2.36. The van der Waals surface area contributed by atoms with E-state index < -0.39 is 11.6 Å². The van der Waals surface area contributed by atoms with Gasteiger partial charge in [0.05, 0.1) is 10.7 Å². The van der Waals surface area contributed by atoms with Gasteiger partial charge < -0.3 is 5.43 Å². The normalized spacial score (nSPS) is 10.5. The molecule has 1 heterocycles. The fraction of sp³-hybridized carbons (Fsp3) is 0.0909. The predicted molar refractivity (Wildman–Crippen MR) is 64.9 cm³/mol. The maximum atomic E-state index is 13.5. The minimum atomic E-state index is -0.643. The number of hydrogen-bond donors (Lipinski definition) is 2. The second kappa shape index (κ2) is 4.83. The molecule has 0 spiro atoms. The molecule has 1 aromatic carbocycles. The topological polar surface area (TPSA) is 63.8 Å². The maximum absolute atomic E-state index is 13.5. The molecule has 0 bridgehead atoms. The Morgan fingerprint density at radius 1 is 1.28 bits per heavy atom. The van der Waals surface area contributed by atoms with Crippen LogP contribution >= 0.6 is 11.6 Å². The van der Waals surface area contributed by atoms with E-state index in [1.807, 2.05) is 0 Å². The number of nitrogens with one attached hydrogen (secondary N) is 1. The van der Waals surface area contributed by atoms with Crippen molar-refractivity contribution >= 4 is 17.4 Å². The first-order valence-corrected chi connectivity index (χ1v) is 5.37. The third kappa shape index (κ3) is 2.25. The van der Waals surface area contributed by atoms with Crippen LogP contribution in [0.2, 0.25) is 5.02 Å². The monoisotopic (exact) mass is 270 g/mol. The maximum Gasteiger partial charge on any atom is 0.187 e. The van der Waals surface area contributed by atoms with E-state index in [0.717, 1.165) is 0 Å². The zero-order valence-corrected chi connectivity index (χ0v) is 10.1. The Kier molecular flexibility index (Phi) is 3.40. The number of hydrogen-bond acceptors (Lipinski definition) is 4. The third-order valence-corrected chi connectivity index (χ3v) is 2.64. The lowest BCUT2D eigenvalue weighted by Gasteiger charge is -2.07. The Bertz CT molecular complexity index is 604. The number of nitrogens with two attached hydrogens (primary N) is 1. The van der Waals surface area contributed by atoms with Crippen molar-refractivity contribution in [2.75, 3.05) is 5.43 Å². The van der Waals surface area contributed by atoms with E-state index in [2.05, 4.69) is 15.4 Å². The van der Waals surface area contributed by atoms with Gasteiger partial charge in [-0.3, -0.25) is 0 Å². The molecule has 0 amide bonds. The van der Waals surface area contributed by atoms with Crippen LogP contribution in [-0.2, 0) is 0 Å². The van der Waals surface area contributed by atoms with Gasteiger partial charge in [0.15, 0.2) is 17.5 Å². The van der Waals surface area contributed by atoms with Crippen molar-refractivity contribution in [3.8, 4) is 11.4 Å². The Morgan fingerprint density at radius 3 is 2.61 bits per heavy atom. The summed E-state index contributed by atoms with van der Waals surface area (Å²) in [6.07, 6.45) is 0. The molecule has 0 aliphatic carbocycles. The minimum absolute atomic E-state index is 0.00485. The molecule has 0 unspecified atom stereocenters. The van der Waals surface area contributed by atoms with E-state index in [9.17, 15) is 8.78 Å². The molecular formula is C11H9ClF2N4. The molecule has 2 aromatic rings. The summed E-state index contributed by atoms with van der Waals surface area (Å²) in [5.41, 5.74) is 2.63. The quantitative estimate of drug-likeness (QED) is 0.650. The molecule has 0 aliphatic heterocycles. The fourth-order valence-corrected chi connectivity index (χ4v) is 1.54. The van der Waals surface area contributed by atoms with E-state index in [4.69, 9.17) is 17.4 Å². The summed E-state index contributed by atoms with van der Waals surface area (Å²) in [7, 11) is 0. The van der Waals surface area contributed by atoms with Crippen molar-refractivity contribution < 1.29 is 8.78 Å². The third-order valence-electron chi connectivity index (χ3n) is 2.33. The Hall–Kier alpha value is -1.79. The standard InChI is InChI=1S/C11H9ClF2N4/c1-5-9(14)11(18-15)17-10(16-5)6-2-3-7(12)8(13)4-6/h2-4H,15H2,1H3,(H,16,17,18). The zero-order valence-electron chi connectivity index (χ0n) is 9.34. The second-order valence-electron chi connectivity index (χ2n) is 3.57. The van der Waals surface area contributed by atoms with Gasteiger partial charge in [0.25, 0.3) is 0 Å². The highest BCUT2D eigenvalue weighted by Gasteiger charge is 2.12. The second-order valence-corrected chi connectivity index (χ2v) is 3.98. The molecule has 0 aliphatic rings. The Balaban J connectivity index is 2.57. The van der Waals surface area contributed by atoms with Gasteiger partial charge in [0.2, 0.25) is 0 Å². The number of nitrogen functional groups attached to an aromatic ring is 1. The summed E-state index contributed by atoms with van der Waals surface area (Å²) < 4.78 is 26.8. The van der Waals surface area contributed by atoms with Crippen LogP contribution < -0.4 is 11.3 Å². The first-order chi connectivity index (χ1) is 8.52. The van der Waals surface area contributed by atoms with Gasteiger partial charge in [-0.05, 0) is 25.1 Å². The number of aryl methyl sites for hydroxylation is 1. The number of hydrazine groups is 1. The van der Waals surface area contributed by atoms with Crippen LogP contribution in [0.25, 0.3) is 11.4 Å². The lowest BCUT2D eigenvalue weighted by atomic mass is 10.2. The van der Waals surface area contributed by atoms with Crippen LogP contribution in [0.15, 0.2) is 18.2 Å². The van der Waals surface area contributed by atoms with E-state index in [-0.39, 0.29) is 22.4 Å². The minimum Gasteiger partial charge on any atom is -0.306 e. The number of nitrogens with zero attached hydrogens (tertiary/aromatic N) is 2. The Labute approximate surface area is 107 Å². The lowest BCUT2D eigenvalue weighted by Crippen LogP contribution is -2.13. The van der Waals surface area contributed by atoms with E-state index in [1.165, 1.54) is 19.1 Å². The fourth-order valence-electron chi connectivity index (χ4n) is 1.42. The first-order valence-electron chi connectivity index (χ1n) is 4.99. The van der Waals surface area contributed by atoms with Crippen LogP contribution in [0, 0.1) is 18.6 Å². The Morgan fingerprint density at radius 2 is 2.00 bits per heavy atom. The summed E-state index contributed by atoms with van der Waals surface area (Å²) in [5.74, 6) is 3.93.